The second-order valence-electron chi connectivity index (χ2n) is 3.84. The molecule has 0 aliphatic rings. The minimum Gasteiger partial charge on any atom is -0.382 e. The van der Waals surface area contributed by atoms with Crippen LogP contribution in [0.4, 0.5) is 14.6 Å². The van der Waals surface area contributed by atoms with Crippen molar-refractivity contribution in [3.8, 4) is 0 Å². The molecule has 1 rings (SSSR count). The third-order valence-corrected chi connectivity index (χ3v) is 2.44. The molecule has 14 heavy (non-hydrogen) atoms. The topological polar surface area (TPSA) is 54.7 Å². The summed E-state index contributed by atoms with van der Waals surface area (Å²) in [5.41, 5.74) is 5.46. The number of hydrogen-bond donors (Lipinski definition) is 2. The molecule has 0 spiro atoms. The molecule has 80 valence electrons. The SMILES string of the molecule is CCc1c(N)n[nH]c1C(C)(C)C(F)F. The van der Waals surface area contributed by atoms with E-state index in [2.05, 4.69) is 10.2 Å². The normalized spacial score (nSPS) is 12.4. The average molecular weight is 203 g/mol. The fourth-order valence-corrected chi connectivity index (χ4v) is 1.38. The second kappa shape index (κ2) is 3.55. The second-order valence-corrected chi connectivity index (χ2v) is 3.84. The molecule has 0 bridgehead atoms. The third-order valence-electron chi connectivity index (χ3n) is 2.44. The van der Waals surface area contributed by atoms with Crippen molar-refractivity contribution in [1.82, 2.24) is 10.2 Å². The smallest absolute Gasteiger partial charge is 0.249 e. The lowest BCUT2D eigenvalue weighted by molar-refractivity contribution is 0.0666. The Morgan fingerprint density at radius 3 is 2.50 bits per heavy atom. The highest BCUT2D eigenvalue weighted by Gasteiger charge is 2.35. The van der Waals surface area contributed by atoms with Crippen molar-refractivity contribution < 1.29 is 8.78 Å². The van der Waals surface area contributed by atoms with E-state index < -0.39 is 11.8 Å². The number of nitrogens with zero attached hydrogens (tertiary/aromatic N) is 1. The number of anilines is 1. The minimum atomic E-state index is -2.44. The van der Waals surface area contributed by atoms with Gasteiger partial charge in [0.05, 0.1) is 11.1 Å². The molecule has 0 atom stereocenters. The molecule has 0 aliphatic carbocycles. The Labute approximate surface area is 81.7 Å². The van der Waals surface area contributed by atoms with Crippen LogP contribution in [0.5, 0.6) is 0 Å². The lowest BCUT2D eigenvalue weighted by Crippen LogP contribution is -2.28. The lowest BCUT2D eigenvalue weighted by Gasteiger charge is -2.23. The molecule has 1 aromatic heterocycles. The van der Waals surface area contributed by atoms with Gasteiger partial charge in [0.25, 0.3) is 0 Å². The maximum atomic E-state index is 12.7. The number of rotatable bonds is 3. The summed E-state index contributed by atoms with van der Waals surface area (Å²) in [5, 5.41) is 6.35. The van der Waals surface area contributed by atoms with E-state index in [1.165, 1.54) is 13.8 Å². The molecular formula is C9H15F2N3. The van der Waals surface area contributed by atoms with E-state index in [0.717, 1.165) is 0 Å². The Hall–Kier alpha value is -1.13. The molecule has 0 saturated heterocycles. The average Bonchev–Trinajstić information content (AvgIpc) is 2.46. The maximum absolute atomic E-state index is 12.7. The zero-order valence-corrected chi connectivity index (χ0v) is 8.56. The number of alkyl halides is 2. The number of nitrogens with two attached hydrogens (primary N) is 1. The summed E-state index contributed by atoms with van der Waals surface area (Å²) in [6.45, 7) is 4.82. The summed E-state index contributed by atoms with van der Waals surface area (Å²) in [4.78, 5) is 0. The van der Waals surface area contributed by atoms with Crippen LogP contribution in [0.15, 0.2) is 0 Å². The lowest BCUT2D eigenvalue weighted by atomic mass is 9.86. The van der Waals surface area contributed by atoms with Crippen LogP contribution in [0.2, 0.25) is 0 Å². The summed E-state index contributed by atoms with van der Waals surface area (Å²) >= 11 is 0. The summed E-state index contributed by atoms with van der Waals surface area (Å²) in [6, 6.07) is 0. The number of nitrogens with one attached hydrogen (secondary N) is 1. The first-order valence-electron chi connectivity index (χ1n) is 4.52. The van der Waals surface area contributed by atoms with Gasteiger partial charge >= 0.3 is 0 Å². The molecule has 0 saturated carbocycles. The zero-order chi connectivity index (χ0) is 10.9. The van der Waals surface area contributed by atoms with Crippen molar-refractivity contribution in [3.63, 3.8) is 0 Å². The Balaban J connectivity index is 3.18. The first-order valence-corrected chi connectivity index (χ1v) is 4.52. The van der Waals surface area contributed by atoms with Crippen molar-refractivity contribution in [2.75, 3.05) is 5.73 Å². The Morgan fingerprint density at radius 1 is 1.50 bits per heavy atom. The molecule has 5 heteroatoms. The summed E-state index contributed by atoms with van der Waals surface area (Å²) in [5.74, 6) is 0.316. The predicted molar refractivity (Wildman–Crippen MR) is 51.4 cm³/mol. The first-order chi connectivity index (χ1) is 6.41. The molecule has 3 N–H and O–H groups in total. The Kier molecular flexibility index (Phi) is 2.78. The standard InChI is InChI=1S/C9H15F2N3/c1-4-5-6(13-14-7(5)12)9(2,3)8(10)11/h8H,4H2,1-3H3,(H3,12,13,14). The van der Waals surface area contributed by atoms with Crippen molar-refractivity contribution in [2.45, 2.75) is 39.0 Å². The number of nitrogen functional groups attached to an aromatic ring is 1. The van der Waals surface area contributed by atoms with Gasteiger partial charge in [-0.3, -0.25) is 5.10 Å². The molecule has 0 aromatic carbocycles. The van der Waals surface area contributed by atoms with E-state index >= 15 is 0 Å². The van der Waals surface area contributed by atoms with E-state index in [1.807, 2.05) is 6.92 Å². The number of aromatic amines is 1. The van der Waals surface area contributed by atoms with Crippen LogP contribution < -0.4 is 5.73 Å². The molecule has 0 aliphatic heterocycles. The number of hydrogen-bond acceptors (Lipinski definition) is 2. The highest BCUT2D eigenvalue weighted by atomic mass is 19.3. The van der Waals surface area contributed by atoms with Gasteiger partial charge in [-0.05, 0) is 20.3 Å². The number of halogens is 2. The van der Waals surface area contributed by atoms with Crippen molar-refractivity contribution in [2.24, 2.45) is 0 Å². The monoisotopic (exact) mass is 203 g/mol. The summed E-state index contributed by atoms with van der Waals surface area (Å²) < 4.78 is 25.5. The van der Waals surface area contributed by atoms with Gasteiger partial charge in [-0.2, -0.15) is 5.10 Å². The summed E-state index contributed by atoms with van der Waals surface area (Å²) in [6.07, 6.45) is -1.83. The van der Waals surface area contributed by atoms with E-state index in [1.54, 1.807) is 0 Å². The Bertz CT molecular complexity index is 318. The zero-order valence-electron chi connectivity index (χ0n) is 8.56. The molecule has 1 heterocycles. The van der Waals surface area contributed by atoms with Gasteiger partial charge in [0, 0.05) is 5.56 Å². The van der Waals surface area contributed by atoms with Crippen molar-refractivity contribution in [3.05, 3.63) is 11.3 Å². The van der Waals surface area contributed by atoms with Gasteiger partial charge < -0.3 is 5.73 Å². The highest BCUT2D eigenvalue weighted by Crippen LogP contribution is 2.33. The van der Waals surface area contributed by atoms with Gasteiger partial charge in [-0.1, -0.05) is 6.92 Å². The van der Waals surface area contributed by atoms with Crippen LogP contribution in [0, 0.1) is 0 Å². The van der Waals surface area contributed by atoms with Crippen LogP contribution in [0.3, 0.4) is 0 Å². The van der Waals surface area contributed by atoms with Crippen LogP contribution >= 0.6 is 0 Å². The number of aromatic nitrogens is 2. The van der Waals surface area contributed by atoms with E-state index in [0.29, 0.717) is 23.5 Å². The largest absolute Gasteiger partial charge is 0.382 e. The van der Waals surface area contributed by atoms with Crippen LogP contribution in [0.25, 0.3) is 0 Å². The van der Waals surface area contributed by atoms with E-state index in [4.69, 9.17) is 5.73 Å². The van der Waals surface area contributed by atoms with Gasteiger partial charge in [-0.15, -0.1) is 0 Å². The molecular weight excluding hydrogens is 188 g/mol. The Morgan fingerprint density at radius 2 is 2.07 bits per heavy atom. The van der Waals surface area contributed by atoms with Gasteiger partial charge in [0.15, 0.2) is 0 Å². The molecule has 0 radical (unpaired) electrons. The van der Waals surface area contributed by atoms with E-state index in [-0.39, 0.29) is 0 Å². The van der Waals surface area contributed by atoms with E-state index in [9.17, 15) is 8.78 Å². The first kappa shape index (κ1) is 10.9. The fraction of sp³-hybridized carbons (Fsp3) is 0.667. The van der Waals surface area contributed by atoms with Gasteiger partial charge in [0.1, 0.15) is 5.82 Å². The van der Waals surface area contributed by atoms with Crippen LogP contribution in [0.1, 0.15) is 32.0 Å². The highest BCUT2D eigenvalue weighted by molar-refractivity contribution is 5.44. The van der Waals surface area contributed by atoms with Crippen molar-refractivity contribution in [1.29, 1.82) is 0 Å². The minimum absolute atomic E-state index is 0.316. The fourth-order valence-electron chi connectivity index (χ4n) is 1.38. The number of H-pyrrole nitrogens is 1. The predicted octanol–water partition coefficient (Wildman–Crippen LogP) is 2.10. The van der Waals surface area contributed by atoms with Crippen LogP contribution in [-0.2, 0) is 11.8 Å². The van der Waals surface area contributed by atoms with Crippen LogP contribution in [-0.4, -0.2) is 16.6 Å². The molecule has 0 amide bonds. The van der Waals surface area contributed by atoms with Gasteiger partial charge in [0.2, 0.25) is 6.43 Å². The quantitative estimate of drug-likeness (QED) is 0.790. The summed E-state index contributed by atoms with van der Waals surface area (Å²) in [7, 11) is 0. The molecule has 1 aromatic rings. The maximum Gasteiger partial charge on any atom is 0.249 e. The molecule has 0 unspecified atom stereocenters. The third kappa shape index (κ3) is 1.58. The molecule has 3 nitrogen and oxygen atoms in total. The van der Waals surface area contributed by atoms with Crippen molar-refractivity contribution >= 4 is 5.82 Å². The molecule has 0 fully saturated rings. The van der Waals surface area contributed by atoms with Gasteiger partial charge in [-0.25, -0.2) is 8.78 Å².